The SMILES string of the molecule is CS(=O)(=O)c1snnc1[C@@H]1CCCN(C(=O)c2cccs2)C1. The highest BCUT2D eigenvalue weighted by molar-refractivity contribution is 7.92. The summed E-state index contributed by atoms with van der Waals surface area (Å²) in [5.74, 6) is -0.0649. The fourth-order valence-electron chi connectivity index (χ4n) is 2.64. The number of aromatic nitrogens is 2. The fourth-order valence-corrected chi connectivity index (χ4v) is 5.06. The number of rotatable bonds is 3. The summed E-state index contributed by atoms with van der Waals surface area (Å²) in [5.41, 5.74) is 0.510. The summed E-state index contributed by atoms with van der Waals surface area (Å²) in [4.78, 5) is 14.9. The van der Waals surface area contributed by atoms with Crippen LogP contribution in [0.5, 0.6) is 0 Å². The number of amides is 1. The Morgan fingerprint density at radius 3 is 2.95 bits per heavy atom. The summed E-state index contributed by atoms with van der Waals surface area (Å²) in [6.07, 6.45) is 2.83. The molecule has 3 heterocycles. The van der Waals surface area contributed by atoms with Crippen LogP contribution in [-0.2, 0) is 9.84 Å². The molecule has 0 N–H and O–H groups in total. The Balaban J connectivity index is 1.82. The second-order valence-electron chi connectivity index (χ2n) is 5.29. The van der Waals surface area contributed by atoms with E-state index in [0.717, 1.165) is 24.4 Å². The number of thiophene rings is 1. The topological polar surface area (TPSA) is 80.2 Å². The lowest BCUT2D eigenvalue weighted by Gasteiger charge is -2.31. The molecule has 22 heavy (non-hydrogen) atoms. The highest BCUT2D eigenvalue weighted by atomic mass is 32.2. The van der Waals surface area contributed by atoms with Crippen LogP contribution in [0.1, 0.15) is 34.1 Å². The maximum atomic E-state index is 12.4. The molecule has 1 atom stereocenters. The van der Waals surface area contributed by atoms with E-state index in [4.69, 9.17) is 0 Å². The van der Waals surface area contributed by atoms with Gasteiger partial charge in [-0.25, -0.2) is 8.42 Å². The minimum Gasteiger partial charge on any atom is -0.337 e. The van der Waals surface area contributed by atoms with E-state index in [0.29, 0.717) is 23.7 Å². The van der Waals surface area contributed by atoms with Gasteiger partial charge in [0.15, 0.2) is 14.0 Å². The van der Waals surface area contributed by atoms with Crippen molar-refractivity contribution >= 4 is 38.6 Å². The third-order valence-corrected chi connectivity index (χ3v) is 7.06. The van der Waals surface area contributed by atoms with Crippen molar-refractivity contribution < 1.29 is 13.2 Å². The van der Waals surface area contributed by atoms with Gasteiger partial charge in [0.05, 0.1) is 10.6 Å². The summed E-state index contributed by atoms with van der Waals surface area (Å²) in [5, 5.41) is 5.89. The predicted octanol–water partition coefficient (Wildman–Crippen LogP) is 2.02. The van der Waals surface area contributed by atoms with E-state index in [1.807, 2.05) is 17.5 Å². The Kier molecular flexibility index (Phi) is 4.28. The summed E-state index contributed by atoms with van der Waals surface area (Å²) >= 11 is 2.32. The molecule has 0 unspecified atom stereocenters. The van der Waals surface area contributed by atoms with Crippen molar-refractivity contribution in [1.82, 2.24) is 14.5 Å². The molecule has 2 aromatic rings. The molecule has 1 saturated heterocycles. The quantitative estimate of drug-likeness (QED) is 0.839. The first-order valence-corrected chi connectivity index (χ1v) is 10.4. The molecule has 0 aliphatic carbocycles. The molecule has 6 nitrogen and oxygen atoms in total. The number of hydrogen-bond acceptors (Lipinski definition) is 7. The van der Waals surface area contributed by atoms with Crippen molar-refractivity contribution in [3.63, 3.8) is 0 Å². The largest absolute Gasteiger partial charge is 0.337 e. The van der Waals surface area contributed by atoms with E-state index in [1.54, 1.807) is 4.90 Å². The Morgan fingerprint density at radius 2 is 2.27 bits per heavy atom. The van der Waals surface area contributed by atoms with Crippen LogP contribution in [0.2, 0.25) is 0 Å². The van der Waals surface area contributed by atoms with Gasteiger partial charge >= 0.3 is 0 Å². The van der Waals surface area contributed by atoms with Crippen molar-refractivity contribution in [2.75, 3.05) is 19.3 Å². The van der Waals surface area contributed by atoms with E-state index in [-0.39, 0.29) is 16.0 Å². The number of nitrogens with zero attached hydrogens (tertiary/aromatic N) is 3. The third kappa shape index (κ3) is 3.06. The van der Waals surface area contributed by atoms with Gasteiger partial charge in [-0.3, -0.25) is 4.79 Å². The van der Waals surface area contributed by atoms with Crippen LogP contribution in [0, 0.1) is 0 Å². The molecule has 1 amide bonds. The first-order valence-electron chi connectivity index (χ1n) is 6.82. The lowest BCUT2D eigenvalue weighted by atomic mass is 9.95. The van der Waals surface area contributed by atoms with E-state index < -0.39 is 9.84 Å². The van der Waals surface area contributed by atoms with E-state index in [1.165, 1.54) is 17.6 Å². The van der Waals surface area contributed by atoms with Gasteiger partial charge in [-0.15, -0.1) is 16.4 Å². The molecule has 1 fully saturated rings. The molecule has 1 aliphatic rings. The standard InChI is InChI=1S/C13H15N3O3S3/c1-22(18,19)13-11(14-15-21-13)9-4-2-6-16(8-9)12(17)10-5-3-7-20-10/h3,5,7,9H,2,4,6,8H2,1H3/t9-/m1/s1. The summed E-state index contributed by atoms with van der Waals surface area (Å²) < 4.78 is 27.6. The van der Waals surface area contributed by atoms with Crippen LogP contribution in [-0.4, -0.2) is 48.2 Å². The molecule has 0 spiro atoms. The van der Waals surface area contributed by atoms with Crippen LogP contribution in [0.15, 0.2) is 21.7 Å². The molecule has 0 saturated carbocycles. The highest BCUT2D eigenvalue weighted by Crippen LogP contribution is 2.32. The van der Waals surface area contributed by atoms with Crippen LogP contribution in [0.3, 0.4) is 0 Å². The Morgan fingerprint density at radius 1 is 1.45 bits per heavy atom. The van der Waals surface area contributed by atoms with Gasteiger partial charge < -0.3 is 4.90 Å². The van der Waals surface area contributed by atoms with Gasteiger partial charge in [0.2, 0.25) is 0 Å². The summed E-state index contributed by atoms with van der Waals surface area (Å²) in [7, 11) is -3.33. The molecule has 0 aromatic carbocycles. The summed E-state index contributed by atoms with van der Waals surface area (Å²) in [6, 6.07) is 3.66. The third-order valence-electron chi connectivity index (χ3n) is 3.65. The number of hydrogen-bond donors (Lipinski definition) is 0. The van der Waals surface area contributed by atoms with E-state index in [9.17, 15) is 13.2 Å². The smallest absolute Gasteiger partial charge is 0.263 e. The Labute approximate surface area is 136 Å². The van der Waals surface area contributed by atoms with Crippen LogP contribution < -0.4 is 0 Å². The van der Waals surface area contributed by atoms with Crippen LogP contribution >= 0.6 is 22.9 Å². The van der Waals surface area contributed by atoms with Crippen LogP contribution in [0.4, 0.5) is 0 Å². The molecular weight excluding hydrogens is 342 g/mol. The highest BCUT2D eigenvalue weighted by Gasteiger charge is 2.31. The molecular formula is C13H15N3O3S3. The number of carbonyl (C=O) groups excluding carboxylic acids is 1. The van der Waals surface area contributed by atoms with Crippen molar-refractivity contribution in [3.8, 4) is 0 Å². The van der Waals surface area contributed by atoms with Gasteiger partial charge in [-0.2, -0.15) is 0 Å². The Hall–Kier alpha value is -1.32. The van der Waals surface area contributed by atoms with Crippen molar-refractivity contribution in [1.29, 1.82) is 0 Å². The fraction of sp³-hybridized carbons (Fsp3) is 0.462. The van der Waals surface area contributed by atoms with Crippen molar-refractivity contribution in [3.05, 3.63) is 28.1 Å². The molecule has 2 aromatic heterocycles. The monoisotopic (exact) mass is 357 g/mol. The van der Waals surface area contributed by atoms with Gasteiger partial charge in [0.25, 0.3) is 5.91 Å². The number of carbonyl (C=O) groups is 1. The second kappa shape index (κ2) is 6.05. The average Bonchev–Trinajstić information content (AvgIpc) is 3.17. The second-order valence-corrected chi connectivity index (χ2v) is 9.20. The van der Waals surface area contributed by atoms with Gasteiger partial charge in [-0.05, 0) is 24.3 Å². The summed E-state index contributed by atoms with van der Waals surface area (Å²) in [6.45, 7) is 1.18. The lowest BCUT2D eigenvalue weighted by molar-refractivity contribution is 0.0710. The zero-order valence-corrected chi connectivity index (χ0v) is 14.4. The maximum Gasteiger partial charge on any atom is 0.263 e. The minimum absolute atomic E-state index is 0.00351. The first kappa shape index (κ1) is 15.6. The minimum atomic E-state index is -3.33. The maximum absolute atomic E-state index is 12.4. The molecule has 0 bridgehead atoms. The molecule has 3 rings (SSSR count). The number of piperidine rings is 1. The molecule has 1 aliphatic heterocycles. The van der Waals surface area contributed by atoms with Gasteiger partial charge in [0.1, 0.15) is 0 Å². The zero-order valence-electron chi connectivity index (χ0n) is 11.9. The lowest BCUT2D eigenvalue weighted by Crippen LogP contribution is -2.39. The average molecular weight is 357 g/mol. The van der Waals surface area contributed by atoms with Crippen molar-refractivity contribution in [2.24, 2.45) is 0 Å². The van der Waals surface area contributed by atoms with Gasteiger partial charge in [-0.1, -0.05) is 10.6 Å². The first-order chi connectivity index (χ1) is 10.5. The van der Waals surface area contributed by atoms with Crippen LogP contribution in [0.25, 0.3) is 0 Å². The number of sulfone groups is 1. The predicted molar refractivity (Wildman–Crippen MR) is 85.2 cm³/mol. The van der Waals surface area contributed by atoms with Gasteiger partial charge in [0, 0.05) is 36.8 Å². The molecule has 9 heteroatoms. The Bertz CT molecular complexity index is 768. The normalized spacial score (nSPS) is 19.3. The van der Waals surface area contributed by atoms with E-state index >= 15 is 0 Å². The van der Waals surface area contributed by atoms with Crippen molar-refractivity contribution in [2.45, 2.75) is 23.0 Å². The van der Waals surface area contributed by atoms with E-state index in [2.05, 4.69) is 9.59 Å². The molecule has 118 valence electrons. The number of likely N-dealkylation sites (tertiary alicyclic amines) is 1. The molecule has 0 radical (unpaired) electrons. The zero-order chi connectivity index (χ0) is 15.7.